The highest BCUT2D eigenvalue weighted by Gasteiger charge is 2.33. The summed E-state index contributed by atoms with van der Waals surface area (Å²) < 4.78 is 0. The molecule has 0 bridgehead atoms. The molecular weight excluding hydrogens is 879 g/mol. The zero-order valence-electron chi connectivity index (χ0n) is 40.2. The van der Waals surface area contributed by atoms with Gasteiger partial charge in [-0.05, 0) is 109 Å². The molecular formula is C48B28. The fourth-order valence-electron chi connectivity index (χ4n) is 11.8. The Hall–Kier alpha value is -4.42. The van der Waals surface area contributed by atoms with Crippen molar-refractivity contribution in [1.82, 2.24) is 0 Å². The van der Waals surface area contributed by atoms with Crippen LogP contribution in [-0.4, -0.2) is 220 Å². The molecule has 11 aromatic carbocycles. The van der Waals surface area contributed by atoms with E-state index in [9.17, 15) is 0 Å². The average molecular weight is 879 g/mol. The van der Waals surface area contributed by atoms with Crippen molar-refractivity contribution in [2.45, 2.75) is 0 Å². The van der Waals surface area contributed by atoms with Crippen LogP contribution in [0.2, 0.25) is 0 Å². The van der Waals surface area contributed by atoms with Crippen molar-refractivity contribution >= 4 is 448 Å². The maximum absolute atomic E-state index is 7.77. The molecule has 0 unspecified atom stereocenters. The standard InChI is InChI=1S/C48B28/c49-21-7(8-5-1-3-15(31(59)22(5)50)38(66)45(73)40(68)17(3)35(63)33(61)13(1)29(57)24(8)52)9(10-12-20(42(70)44(72)27(10)55)43(71)48(76)47(75)28(12)56)25(53)37(65)19(21)11-6-2-4-16(32(60)23(6)51)39(67)46(74)41(69)18(4)36(64)34(62)14(2)30(58)26(11)54. The first-order chi connectivity index (χ1) is 35.5. The van der Waals surface area contributed by atoms with Crippen LogP contribution in [0.1, 0.15) is 0 Å². The largest absolute Gasteiger partial charge is 0.115 e. The molecule has 56 radical (unpaired) electrons. The van der Waals surface area contributed by atoms with Crippen LogP contribution in [0.25, 0.3) is 109 Å². The topological polar surface area (TPSA) is 0 Å². The van der Waals surface area contributed by atoms with E-state index in [1.54, 1.807) is 0 Å². The van der Waals surface area contributed by atoms with E-state index in [0.29, 0.717) is 0 Å². The Balaban J connectivity index is 1.49. The van der Waals surface area contributed by atoms with Gasteiger partial charge in [0, 0.05) is 0 Å². The summed E-state index contributed by atoms with van der Waals surface area (Å²) in [4.78, 5) is 0. The molecule has 0 saturated heterocycles. The number of hydrogen-bond donors (Lipinski definition) is 0. The van der Waals surface area contributed by atoms with Crippen molar-refractivity contribution in [2.24, 2.45) is 0 Å². The Bertz CT molecular complexity index is 4600. The van der Waals surface area contributed by atoms with Gasteiger partial charge in [0.2, 0.25) is 0 Å². The molecule has 0 aliphatic carbocycles. The number of benzene rings is 11. The predicted molar refractivity (Wildman–Crippen MR) is 359 cm³/mol. The van der Waals surface area contributed by atoms with Gasteiger partial charge in [-0.2, -0.15) is 0 Å². The summed E-state index contributed by atoms with van der Waals surface area (Å²) in [5, 5.41) is 2.07. The molecule has 0 amide bonds. The highest BCUT2D eigenvalue weighted by Crippen LogP contribution is 2.40. The monoisotopic (exact) mass is 884 g/mol. The number of hydrogen-bond acceptors (Lipinski definition) is 0. The van der Waals surface area contributed by atoms with Gasteiger partial charge >= 0.3 is 0 Å². The smallest absolute Gasteiger partial charge is 0.110 e. The van der Waals surface area contributed by atoms with Crippen LogP contribution in [0.15, 0.2) is 0 Å². The van der Waals surface area contributed by atoms with E-state index >= 15 is 0 Å². The molecule has 0 N–H and O–H groups in total. The average Bonchev–Trinajstić information content (AvgIpc) is 3.18. The van der Waals surface area contributed by atoms with Crippen LogP contribution in [-0.2, 0) is 0 Å². The van der Waals surface area contributed by atoms with Gasteiger partial charge in [-0.15, -0.1) is 27.3 Å². The Morgan fingerprint density at radius 2 is 0.211 bits per heavy atom. The minimum absolute atomic E-state index is 0.00343. The van der Waals surface area contributed by atoms with E-state index < -0.39 is 0 Å². The third-order valence-electron chi connectivity index (χ3n) is 15.6. The molecule has 0 saturated carbocycles. The maximum Gasteiger partial charge on any atom is 0.115 e. The Labute approximate surface area is 478 Å². The Kier molecular flexibility index (Phi) is 12.4. The van der Waals surface area contributed by atoms with E-state index in [1.807, 2.05) is 0 Å². The molecule has 0 fully saturated rings. The van der Waals surface area contributed by atoms with Crippen LogP contribution in [0.3, 0.4) is 0 Å². The SMILES string of the molecule is [B]c1c([B])c(-c2c([B])c([B])c([B])c3c([B])c([B])c([B])c([B])c23)c(-c2c([B])c([B])c3c([B])c([B])c4c([B])c([B])c([B])c5c([B])c([B])c2c3c45)c([B])c1-c1c([B])c([B])c2c([B])c([B])c3c([B])c([B])c([B])c4c([B])c([B])c1c2c34. The number of fused-ring (bicyclic) bond motifs is 1. The highest BCUT2D eigenvalue weighted by molar-refractivity contribution is 6.79. The lowest BCUT2D eigenvalue weighted by Gasteiger charge is -2.35. The summed E-state index contributed by atoms with van der Waals surface area (Å²) in [5.74, 6) is 0. The summed E-state index contributed by atoms with van der Waals surface area (Å²) in [6.45, 7) is 0. The van der Waals surface area contributed by atoms with Crippen LogP contribution in [0.4, 0.5) is 0 Å². The highest BCUT2D eigenvalue weighted by atomic mass is 14.3. The van der Waals surface area contributed by atoms with Crippen molar-refractivity contribution in [3.63, 3.8) is 0 Å². The van der Waals surface area contributed by atoms with E-state index in [-0.39, 0.29) is 262 Å². The lowest BCUT2D eigenvalue weighted by molar-refractivity contribution is 1.77. The van der Waals surface area contributed by atoms with Gasteiger partial charge < -0.3 is 0 Å². The fraction of sp³-hybridized carbons (Fsp3) is 0. The molecule has 0 nitrogen and oxygen atoms in total. The van der Waals surface area contributed by atoms with Gasteiger partial charge in [-0.1, -0.05) is 126 Å². The van der Waals surface area contributed by atoms with E-state index in [2.05, 4.69) is 0 Å². The molecule has 0 aromatic heterocycles. The summed E-state index contributed by atoms with van der Waals surface area (Å²) in [5.41, 5.74) is -4.05. The quantitative estimate of drug-likeness (QED) is 0.123. The third kappa shape index (κ3) is 6.32. The van der Waals surface area contributed by atoms with E-state index in [4.69, 9.17) is 220 Å². The normalized spacial score (nSPS) is 12.1. The molecule has 0 aliphatic rings. The van der Waals surface area contributed by atoms with Gasteiger partial charge in [0.1, 0.15) is 220 Å². The molecule has 28 heteroatoms. The Morgan fingerprint density at radius 1 is 0.0789 bits per heavy atom. The van der Waals surface area contributed by atoms with E-state index in [1.165, 1.54) is 0 Å². The van der Waals surface area contributed by atoms with Gasteiger partial charge in [0.25, 0.3) is 0 Å². The molecule has 0 atom stereocenters. The lowest BCUT2D eigenvalue weighted by atomic mass is 9.54. The molecule has 276 valence electrons. The molecule has 11 aromatic rings. The van der Waals surface area contributed by atoms with Gasteiger partial charge in [-0.25, -0.2) is 0 Å². The summed E-state index contributed by atoms with van der Waals surface area (Å²) in [7, 11) is 194. The first-order valence-electron chi connectivity index (χ1n) is 22.6. The summed E-state index contributed by atoms with van der Waals surface area (Å²) >= 11 is 0. The van der Waals surface area contributed by atoms with Gasteiger partial charge in [-0.3, -0.25) is 0 Å². The molecule has 0 heterocycles. The van der Waals surface area contributed by atoms with E-state index in [0.717, 1.165) is 0 Å². The zero-order valence-corrected chi connectivity index (χ0v) is 40.2. The molecule has 0 spiro atoms. The fourth-order valence-corrected chi connectivity index (χ4v) is 11.8. The second-order valence-electron chi connectivity index (χ2n) is 19.1. The van der Waals surface area contributed by atoms with Gasteiger partial charge in [0.05, 0.1) is 0 Å². The number of rotatable bonds is 3. The Morgan fingerprint density at radius 3 is 0.526 bits per heavy atom. The second-order valence-corrected chi connectivity index (χ2v) is 19.1. The first kappa shape index (κ1) is 53.6. The molecule has 11 rings (SSSR count). The minimum atomic E-state index is -0.301. The lowest BCUT2D eigenvalue weighted by Crippen LogP contribution is -2.53. The zero-order chi connectivity index (χ0) is 55.7. The van der Waals surface area contributed by atoms with Gasteiger partial charge in [0.15, 0.2) is 0 Å². The maximum atomic E-state index is 7.77. The van der Waals surface area contributed by atoms with Crippen LogP contribution >= 0.6 is 0 Å². The molecule has 0 aliphatic heterocycles. The molecule has 76 heavy (non-hydrogen) atoms. The van der Waals surface area contributed by atoms with Crippen LogP contribution in [0.5, 0.6) is 0 Å². The predicted octanol–water partition coefficient (Wildman–Crippen LogP) is -20.1. The van der Waals surface area contributed by atoms with Crippen molar-refractivity contribution in [3.8, 4) is 33.4 Å². The first-order valence-corrected chi connectivity index (χ1v) is 22.6. The second kappa shape index (κ2) is 17.5. The summed E-state index contributed by atoms with van der Waals surface area (Å²) in [6.07, 6.45) is 0. The van der Waals surface area contributed by atoms with Crippen molar-refractivity contribution in [3.05, 3.63) is 0 Å². The van der Waals surface area contributed by atoms with Crippen molar-refractivity contribution in [1.29, 1.82) is 0 Å². The minimum Gasteiger partial charge on any atom is -0.110 e. The van der Waals surface area contributed by atoms with Crippen molar-refractivity contribution < 1.29 is 0 Å². The third-order valence-corrected chi connectivity index (χ3v) is 15.6. The van der Waals surface area contributed by atoms with Crippen LogP contribution in [0, 0.1) is 0 Å². The van der Waals surface area contributed by atoms with Crippen LogP contribution < -0.4 is 153 Å². The van der Waals surface area contributed by atoms with Crippen molar-refractivity contribution in [2.75, 3.05) is 0 Å². The summed E-state index contributed by atoms with van der Waals surface area (Å²) in [6, 6.07) is 0.